The SMILES string of the molecule is CC(C1CC1)N(C)c1c(F)cccc1C=O. The largest absolute Gasteiger partial charge is 0.369 e. The van der Waals surface area contributed by atoms with Gasteiger partial charge in [-0.1, -0.05) is 6.07 Å². The molecule has 0 amide bonds. The molecular formula is C13H16FNO. The lowest BCUT2D eigenvalue weighted by atomic mass is 10.1. The third-order valence-corrected chi connectivity index (χ3v) is 3.41. The van der Waals surface area contributed by atoms with Gasteiger partial charge < -0.3 is 4.90 Å². The Balaban J connectivity index is 2.33. The summed E-state index contributed by atoms with van der Waals surface area (Å²) in [6, 6.07) is 4.91. The minimum Gasteiger partial charge on any atom is -0.369 e. The fraction of sp³-hybridized carbons (Fsp3) is 0.462. The number of benzene rings is 1. The molecule has 1 aromatic rings. The van der Waals surface area contributed by atoms with Crippen molar-refractivity contribution >= 4 is 12.0 Å². The van der Waals surface area contributed by atoms with E-state index in [1.165, 1.54) is 18.9 Å². The Morgan fingerprint density at radius 2 is 2.19 bits per heavy atom. The van der Waals surface area contributed by atoms with Crippen LogP contribution in [0.2, 0.25) is 0 Å². The van der Waals surface area contributed by atoms with Crippen LogP contribution >= 0.6 is 0 Å². The van der Waals surface area contributed by atoms with Crippen molar-refractivity contribution in [3.05, 3.63) is 29.6 Å². The molecule has 16 heavy (non-hydrogen) atoms. The first-order valence-electron chi connectivity index (χ1n) is 5.61. The summed E-state index contributed by atoms with van der Waals surface area (Å²) in [5.74, 6) is 0.323. The number of carbonyl (C=O) groups is 1. The lowest BCUT2D eigenvalue weighted by molar-refractivity contribution is 0.112. The fourth-order valence-corrected chi connectivity index (χ4v) is 2.10. The van der Waals surface area contributed by atoms with Crippen molar-refractivity contribution in [3.63, 3.8) is 0 Å². The van der Waals surface area contributed by atoms with Gasteiger partial charge in [-0.25, -0.2) is 4.39 Å². The van der Waals surface area contributed by atoms with Crippen LogP contribution in [0.1, 0.15) is 30.1 Å². The Bertz CT molecular complexity index is 401. The maximum atomic E-state index is 13.7. The van der Waals surface area contributed by atoms with Gasteiger partial charge in [-0.2, -0.15) is 0 Å². The zero-order valence-corrected chi connectivity index (χ0v) is 9.61. The van der Waals surface area contributed by atoms with E-state index in [9.17, 15) is 9.18 Å². The molecule has 86 valence electrons. The van der Waals surface area contributed by atoms with Crippen LogP contribution in [-0.2, 0) is 0 Å². The van der Waals surface area contributed by atoms with Gasteiger partial charge in [0.15, 0.2) is 6.29 Å². The van der Waals surface area contributed by atoms with E-state index in [-0.39, 0.29) is 11.9 Å². The Labute approximate surface area is 95.1 Å². The quantitative estimate of drug-likeness (QED) is 0.729. The van der Waals surface area contributed by atoms with Gasteiger partial charge in [0.1, 0.15) is 5.82 Å². The number of aldehydes is 1. The minimum atomic E-state index is -0.320. The van der Waals surface area contributed by atoms with Crippen LogP contribution in [0.25, 0.3) is 0 Å². The highest BCUT2D eigenvalue weighted by molar-refractivity contribution is 5.84. The standard InChI is InChI=1S/C13H16FNO/c1-9(10-6-7-10)15(2)13-11(8-16)4-3-5-12(13)14/h3-5,8-10H,6-7H2,1-2H3. The molecule has 1 aliphatic rings. The normalized spacial score (nSPS) is 16.9. The monoisotopic (exact) mass is 221 g/mol. The smallest absolute Gasteiger partial charge is 0.152 e. The highest BCUT2D eigenvalue weighted by Gasteiger charge is 2.32. The van der Waals surface area contributed by atoms with Crippen LogP contribution in [-0.4, -0.2) is 19.4 Å². The van der Waals surface area contributed by atoms with E-state index in [4.69, 9.17) is 0 Å². The molecule has 0 radical (unpaired) electrons. The number of carbonyl (C=O) groups excluding carboxylic acids is 1. The summed E-state index contributed by atoms with van der Waals surface area (Å²) in [4.78, 5) is 12.8. The Morgan fingerprint density at radius 1 is 1.50 bits per heavy atom. The summed E-state index contributed by atoms with van der Waals surface area (Å²) in [5.41, 5.74) is 0.854. The predicted molar refractivity (Wildman–Crippen MR) is 62.4 cm³/mol. The van der Waals surface area contributed by atoms with Crippen molar-refractivity contribution in [2.24, 2.45) is 5.92 Å². The van der Waals surface area contributed by atoms with E-state index >= 15 is 0 Å². The van der Waals surface area contributed by atoms with Gasteiger partial charge in [-0.15, -0.1) is 0 Å². The van der Waals surface area contributed by atoms with Gasteiger partial charge in [0, 0.05) is 18.7 Å². The van der Waals surface area contributed by atoms with E-state index in [2.05, 4.69) is 6.92 Å². The average molecular weight is 221 g/mol. The Kier molecular flexibility index (Phi) is 2.95. The number of para-hydroxylation sites is 1. The van der Waals surface area contributed by atoms with Crippen molar-refractivity contribution in [2.75, 3.05) is 11.9 Å². The first-order chi connectivity index (χ1) is 7.65. The number of hydrogen-bond acceptors (Lipinski definition) is 2. The summed E-state index contributed by atoms with van der Waals surface area (Å²) >= 11 is 0. The van der Waals surface area contributed by atoms with E-state index in [0.29, 0.717) is 23.5 Å². The number of nitrogens with zero attached hydrogens (tertiary/aromatic N) is 1. The van der Waals surface area contributed by atoms with Gasteiger partial charge >= 0.3 is 0 Å². The molecule has 1 saturated carbocycles. The van der Waals surface area contributed by atoms with E-state index in [1.807, 2.05) is 11.9 Å². The molecule has 0 N–H and O–H groups in total. The van der Waals surface area contributed by atoms with Gasteiger partial charge in [0.2, 0.25) is 0 Å². The van der Waals surface area contributed by atoms with Crippen LogP contribution in [0.3, 0.4) is 0 Å². The summed E-state index contributed by atoms with van der Waals surface area (Å²) in [5, 5.41) is 0. The molecule has 1 unspecified atom stereocenters. The third kappa shape index (κ3) is 1.94. The van der Waals surface area contributed by atoms with E-state index in [0.717, 1.165) is 0 Å². The lowest BCUT2D eigenvalue weighted by Gasteiger charge is -2.28. The second-order valence-corrected chi connectivity index (χ2v) is 4.48. The van der Waals surface area contributed by atoms with Crippen molar-refractivity contribution in [2.45, 2.75) is 25.8 Å². The molecule has 0 spiro atoms. The summed E-state index contributed by atoms with van der Waals surface area (Å²) in [6.07, 6.45) is 3.13. The summed E-state index contributed by atoms with van der Waals surface area (Å²) < 4.78 is 13.7. The molecule has 1 aromatic carbocycles. The van der Waals surface area contributed by atoms with Crippen molar-refractivity contribution < 1.29 is 9.18 Å². The fourth-order valence-electron chi connectivity index (χ4n) is 2.10. The molecular weight excluding hydrogens is 205 g/mol. The van der Waals surface area contributed by atoms with Gasteiger partial charge in [0.25, 0.3) is 0 Å². The zero-order valence-electron chi connectivity index (χ0n) is 9.61. The number of halogens is 1. The highest BCUT2D eigenvalue weighted by Crippen LogP contribution is 2.37. The van der Waals surface area contributed by atoms with E-state index < -0.39 is 0 Å². The first-order valence-corrected chi connectivity index (χ1v) is 5.61. The van der Waals surface area contributed by atoms with Crippen molar-refractivity contribution in [1.29, 1.82) is 0 Å². The maximum Gasteiger partial charge on any atom is 0.152 e. The Morgan fingerprint density at radius 3 is 2.75 bits per heavy atom. The van der Waals surface area contributed by atoms with Gasteiger partial charge in [-0.3, -0.25) is 4.79 Å². The first kappa shape index (κ1) is 11.1. The molecule has 0 aliphatic heterocycles. The lowest BCUT2D eigenvalue weighted by Crippen LogP contribution is -2.32. The van der Waals surface area contributed by atoms with Gasteiger partial charge in [-0.05, 0) is 37.8 Å². The predicted octanol–water partition coefficient (Wildman–Crippen LogP) is 2.87. The number of anilines is 1. The number of hydrogen-bond donors (Lipinski definition) is 0. The average Bonchev–Trinajstić information content (AvgIpc) is 3.10. The number of rotatable bonds is 4. The molecule has 2 nitrogen and oxygen atoms in total. The van der Waals surface area contributed by atoms with Crippen LogP contribution in [0.5, 0.6) is 0 Å². The molecule has 3 heteroatoms. The summed E-state index contributed by atoms with van der Waals surface area (Å²) in [7, 11) is 1.86. The third-order valence-electron chi connectivity index (χ3n) is 3.41. The highest BCUT2D eigenvalue weighted by atomic mass is 19.1. The maximum absolute atomic E-state index is 13.7. The van der Waals surface area contributed by atoms with Crippen LogP contribution < -0.4 is 4.90 Å². The molecule has 0 saturated heterocycles. The molecule has 1 aliphatic carbocycles. The van der Waals surface area contributed by atoms with E-state index in [1.54, 1.807) is 12.1 Å². The second-order valence-electron chi connectivity index (χ2n) is 4.48. The van der Waals surface area contributed by atoms with Crippen LogP contribution in [0, 0.1) is 11.7 Å². The van der Waals surface area contributed by atoms with Crippen LogP contribution in [0.4, 0.5) is 10.1 Å². The van der Waals surface area contributed by atoms with Crippen LogP contribution in [0.15, 0.2) is 18.2 Å². The molecule has 2 rings (SSSR count). The molecule has 1 atom stereocenters. The van der Waals surface area contributed by atoms with Gasteiger partial charge in [0.05, 0.1) is 5.69 Å². The Hall–Kier alpha value is -1.38. The molecule has 0 heterocycles. The van der Waals surface area contributed by atoms with Crippen molar-refractivity contribution in [3.8, 4) is 0 Å². The molecule has 0 bridgehead atoms. The molecule has 1 fully saturated rings. The topological polar surface area (TPSA) is 20.3 Å². The zero-order chi connectivity index (χ0) is 11.7. The summed E-state index contributed by atoms with van der Waals surface area (Å²) in [6.45, 7) is 2.08. The van der Waals surface area contributed by atoms with Crippen molar-refractivity contribution in [1.82, 2.24) is 0 Å². The molecule has 0 aromatic heterocycles. The second kappa shape index (κ2) is 4.24. The minimum absolute atomic E-state index is 0.288.